The molecule has 0 fully saturated rings. The summed E-state index contributed by atoms with van der Waals surface area (Å²) < 4.78 is 40.4. The van der Waals surface area contributed by atoms with E-state index in [0.717, 1.165) is 23.4 Å². The molecule has 0 unspecified atom stereocenters. The average molecular weight is 282 g/mol. The molecule has 1 aromatic carbocycles. The summed E-state index contributed by atoms with van der Waals surface area (Å²) >= 11 is 0. The van der Waals surface area contributed by atoms with Crippen molar-refractivity contribution in [3.05, 3.63) is 46.8 Å². The van der Waals surface area contributed by atoms with Crippen LogP contribution in [0.1, 0.15) is 34.1 Å². The summed E-state index contributed by atoms with van der Waals surface area (Å²) in [6.45, 7) is 4.58. The predicted octanol–water partition coefficient (Wildman–Crippen LogP) is 3.71. The van der Waals surface area contributed by atoms with Crippen LogP contribution >= 0.6 is 0 Å². The Bertz CT molecular complexity index is 672. The molecule has 0 spiro atoms. The molecule has 0 N–H and O–H groups in total. The Balaban J connectivity index is 2.75. The summed E-state index contributed by atoms with van der Waals surface area (Å²) in [6.07, 6.45) is -3.68. The minimum absolute atomic E-state index is 0.324. The van der Waals surface area contributed by atoms with Crippen LogP contribution in [0.15, 0.2) is 24.4 Å². The highest BCUT2D eigenvalue weighted by atomic mass is 19.4. The molecule has 0 bridgehead atoms. The number of Topliss-reactive ketones (excluding diaryl/α,β-unsaturated/α-hetero) is 1. The zero-order valence-electron chi connectivity index (χ0n) is 11.2. The van der Waals surface area contributed by atoms with Gasteiger partial charge in [-0.25, -0.2) is 4.68 Å². The number of nitrogens with zero attached hydrogens (tertiary/aromatic N) is 2. The van der Waals surface area contributed by atoms with Crippen molar-refractivity contribution in [2.24, 2.45) is 0 Å². The third-order valence-corrected chi connectivity index (χ3v) is 3.01. The SMILES string of the molecule is CC(=O)c1cnn(-c2cc(C)ccc2C)c1C(F)(F)F. The van der Waals surface area contributed by atoms with Crippen molar-refractivity contribution in [3.63, 3.8) is 0 Å². The monoisotopic (exact) mass is 282 g/mol. The van der Waals surface area contributed by atoms with Gasteiger partial charge < -0.3 is 0 Å². The normalized spacial score (nSPS) is 11.7. The third-order valence-electron chi connectivity index (χ3n) is 3.01. The van der Waals surface area contributed by atoms with Crippen LogP contribution in [0.2, 0.25) is 0 Å². The van der Waals surface area contributed by atoms with Gasteiger partial charge in [0.15, 0.2) is 11.5 Å². The minimum atomic E-state index is -4.65. The number of alkyl halides is 3. The Morgan fingerprint density at radius 3 is 2.45 bits per heavy atom. The Morgan fingerprint density at radius 2 is 1.90 bits per heavy atom. The van der Waals surface area contributed by atoms with Crippen LogP contribution in [-0.2, 0) is 6.18 Å². The molecule has 20 heavy (non-hydrogen) atoms. The number of aryl methyl sites for hydroxylation is 2. The second-order valence-electron chi connectivity index (χ2n) is 4.66. The number of carbonyl (C=O) groups is 1. The largest absolute Gasteiger partial charge is 0.434 e. The summed E-state index contributed by atoms with van der Waals surface area (Å²) in [5.74, 6) is -0.658. The maximum atomic E-state index is 13.2. The van der Waals surface area contributed by atoms with Gasteiger partial charge in [-0.1, -0.05) is 12.1 Å². The van der Waals surface area contributed by atoms with E-state index in [9.17, 15) is 18.0 Å². The summed E-state index contributed by atoms with van der Waals surface area (Å²) in [5, 5.41) is 3.75. The zero-order chi connectivity index (χ0) is 15.1. The van der Waals surface area contributed by atoms with Gasteiger partial charge in [0.2, 0.25) is 0 Å². The third kappa shape index (κ3) is 2.45. The van der Waals surface area contributed by atoms with Crippen LogP contribution in [0.25, 0.3) is 5.69 Å². The Kier molecular flexibility index (Phi) is 3.41. The number of benzene rings is 1. The molecule has 3 nitrogen and oxygen atoms in total. The molecule has 2 aromatic rings. The van der Waals surface area contributed by atoms with E-state index in [1.54, 1.807) is 26.0 Å². The first-order valence-corrected chi connectivity index (χ1v) is 5.95. The van der Waals surface area contributed by atoms with Crippen molar-refractivity contribution < 1.29 is 18.0 Å². The summed E-state index contributed by atoms with van der Waals surface area (Å²) in [4.78, 5) is 11.4. The van der Waals surface area contributed by atoms with E-state index in [0.29, 0.717) is 11.3 Å². The van der Waals surface area contributed by atoms with E-state index in [1.165, 1.54) is 0 Å². The maximum Gasteiger partial charge on any atom is 0.434 e. The number of carbonyl (C=O) groups excluding carboxylic acids is 1. The quantitative estimate of drug-likeness (QED) is 0.787. The molecule has 0 amide bonds. The number of hydrogen-bond acceptors (Lipinski definition) is 2. The Hall–Kier alpha value is -2.11. The fourth-order valence-electron chi connectivity index (χ4n) is 2.01. The van der Waals surface area contributed by atoms with Crippen LogP contribution in [-0.4, -0.2) is 15.6 Å². The molecule has 0 radical (unpaired) electrons. The van der Waals surface area contributed by atoms with E-state index in [2.05, 4.69) is 5.10 Å². The molecule has 0 atom stereocenters. The van der Waals surface area contributed by atoms with Crippen molar-refractivity contribution in [2.75, 3.05) is 0 Å². The van der Waals surface area contributed by atoms with Gasteiger partial charge in [0, 0.05) is 0 Å². The van der Waals surface area contributed by atoms with E-state index in [4.69, 9.17) is 0 Å². The molecular weight excluding hydrogens is 269 g/mol. The van der Waals surface area contributed by atoms with Gasteiger partial charge in [-0.05, 0) is 38.0 Å². The molecule has 0 aliphatic heterocycles. The van der Waals surface area contributed by atoms with Crippen molar-refractivity contribution in [2.45, 2.75) is 26.9 Å². The molecule has 0 saturated carbocycles. The number of aromatic nitrogens is 2. The van der Waals surface area contributed by atoms with E-state index < -0.39 is 23.2 Å². The van der Waals surface area contributed by atoms with Gasteiger partial charge in [-0.15, -0.1) is 0 Å². The standard InChI is InChI=1S/C14H13F3N2O/c1-8-4-5-9(2)12(6-8)19-13(14(15,16)17)11(7-18-19)10(3)20/h4-7H,1-3H3. The second-order valence-corrected chi connectivity index (χ2v) is 4.66. The van der Waals surface area contributed by atoms with Crippen LogP contribution in [0.4, 0.5) is 13.2 Å². The average Bonchev–Trinajstić information content (AvgIpc) is 2.76. The van der Waals surface area contributed by atoms with Gasteiger partial charge in [-0.2, -0.15) is 18.3 Å². The number of ketones is 1. The van der Waals surface area contributed by atoms with Crippen LogP contribution < -0.4 is 0 Å². The van der Waals surface area contributed by atoms with Gasteiger partial charge in [-0.3, -0.25) is 4.79 Å². The molecule has 106 valence electrons. The van der Waals surface area contributed by atoms with Gasteiger partial charge in [0.1, 0.15) is 0 Å². The molecule has 6 heteroatoms. The maximum absolute atomic E-state index is 13.2. The van der Waals surface area contributed by atoms with E-state index in [1.807, 2.05) is 6.07 Å². The summed E-state index contributed by atoms with van der Waals surface area (Å²) in [6, 6.07) is 5.14. The van der Waals surface area contributed by atoms with E-state index in [-0.39, 0.29) is 0 Å². The van der Waals surface area contributed by atoms with Gasteiger partial charge in [0.25, 0.3) is 0 Å². The second kappa shape index (κ2) is 4.77. The Labute approximate surface area is 114 Å². The number of hydrogen-bond donors (Lipinski definition) is 0. The van der Waals surface area contributed by atoms with E-state index >= 15 is 0 Å². The minimum Gasteiger partial charge on any atom is -0.294 e. The highest BCUT2D eigenvalue weighted by Gasteiger charge is 2.39. The van der Waals surface area contributed by atoms with Crippen LogP contribution in [0, 0.1) is 13.8 Å². The molecule has 0 aliphatic carbocycles. The molecule has 0 aliphatic rings. The fourth-order valence-corrected chi connectivity index (χ4v) is 2.01. The zero-order valence-corrected chi connectivity index (χ0v) is 11.2. The van der Waals surface area contributed by atoms with Gasteiger partial charge >= 0.3 is 6.18 Å². The molecule has 2 rings (SSSR count). The first kappa shape index (κ1) is 14.3. The summed E-state index contributed by atoms with van der Waals surface area (Å²) in [7, 11) is 0. The highest BCUT2D eigenvalue weighted by molar-refractivity contribution is 5.95. The number of halogens is 3. The predicted molar refractivity (Wildman–Crippen MR) is 68.0 cm³/mol. The highest BCUT2D eigenvalue weighted by Crippen LogP contribution is 2.34. The van der Waals surface area contributed by atoms with Crippen LogP contribution in [0.5, 0.6) is 0 Å². The molecular formula is C14H13F3N2O. The van der Waals surface area contributed by atoms with Crippen LogP contribution in [0.3, 0.4) is 0 Å². The Morgan fingerprint density at radius 1 is 1.25 bits per heavy atom. The fraction of sp³-hybridized carbons (Fsp3) is 0.286. The molecule has 1 aromatic heterocycles. The molecule has 1 heterocycles. The first-order chi connectivity index (χ1) is 9.21. The molecule has 0 saturated heterocycles. The summed E-state index contributed by atoms with van der Waals surface area (Å²) in [5.41, 5.74) is 0.347. The lowest BCUT2D eigenvalue weighted by Crippen LogP contribution is -2.17. The lowest BCUT2D eigenvalue weighted by Gasteiger charge is -2.14. The van der Waals surface area contributed by atoms with Crippen molar-refractivity contribution in [1.82, 2.24) is 9.78 Å². The lowest BCUT2D eigenvalue weighted by atomic mass is 10.1. The van der Waals surface area contributed by atoms with Gasteiger partial charge in [0.05, 0.1) is 17.4 Å². The van der Waals surface area contributed by atoms with Crippen molar-refractivity contribution in [3.8, 4) is 5.69 Å². The lowest BCUT2D eigenvalue weighted by molar-refractivity contribution is -0.143. The van der Waals surface area contributed by atoms with Crippen molar-refractivity contribution >= 4 is 5.78 Å². The smallest absolute Gasteiger partial charge is 0.294 e. The topological polar surface area (TPSA) is 34.9 Å². The van der Waals surface area contributed by atoms with Crippen molar-refractivity contribution in [1.29, 1.82) is 0 Å². The first-order valence-electron chi connectivity index (χ1n) is 5.95. The number of rotatable bonds is 2.